The number of rotatable bonds is 2. The van der Waals surface area contributed by atoms with Crippen LogP contribution in [0.3, 0.4) is 0 Å². The van der Waals surface area contributed by atoms with Crippen LogP contribution in [0.2, 0.25) is 0 Å². The maximum atomic E-state index is 14.3. The molecule has 0 saturated heterocycles. The third kappa shape index (κ3) is 3.47. The van der Waals surface area contributed by atoms with E-state index in [4.69, 9.17) is 9.47 Å². The Hall–Kier alpha value is -2.58. The molecule has 0 spiro atoms. The van der Waals surface area contributed by atoms with Crippen molar-refractivity contribution in [3.05, 3.63) is 81.5 Å². The predicted molar refractivity (Wildman–Crippen MR) is 105 cm³/mol. The number of nitrogens with zero attached hydrogens (tertiary/aromatic N) is 1. The molecule has 0 saturated carbocycles. The second-order valence-corrected chi connectivity index (χ2v) is 7.41. The van der Waals surface area contributed by atoms with E-state index < -0.39 is 35.7 Å². The molecule has 4 rings (SSSR count). The highest BCUT2D eigenvalue weighted by molar-refractivity contribution is 9.10. The summed E-state index contributed by atoms with van der Waals surface area (Å²) < 4.78 is 54.4. The van der Waals surface area contributed by atoms with Gasteiger partial charge in [-0.2, -0.15) is 13.2 Å². The van der Waals surface area contributed by atoms with Crippen LogP contribution in [-0.4, -0.2) is 25.5 Å². The number of para-hydroxylation sites is 1. The zero-order chi connectivity index (χ0) is 20.8. The highest BCUT2D eigenvalue weighted by Crippen LogP contribution is 2.48. The summed E-state index contributed by atoms with van der Waals surface area (Å²) in [5, 5.41) is 0. The lowest BCUT2D eigenvalue weighted by atomic mass is 9.94. The molecule has 2 aromatic carbocycles. The Morgan fingerprint density at radius 2 is 1.83 bits per heavy atom. The Bertz CT molecular complexity index is 1010. The summed E-state index contributed by atoms with van der Waals surface area (Å²) in [6.07, 6.45) is -3.80. The number of carbonyl (C=O) groups excluding carboxylic acids is 1. The lowest BCUT2D eigenvalue weighted by Gasteiger charge is -2.44. The second-order valence-electron chi connectivity index (χ2n) is 6.50. The number of ether oxygens (including phenoxy) is 2. The van der Waals surface area contributed by atoms with Gasteiger partial charge in [0.1, 0.15) is 11.8 Å². The number of hydrogen-bond donors (Lipinski definition) is 0. The van der Waals surface area contributed by atoms with Gasteiger partial charge in [0.2, 0.25) is 0 Å². The first-order valence-electron chi connectivity index (χ1n) is 8.68. The van der Waals surface area contributed by atoms with E-state index in [1.807, 2.05) is 0 Å². The van der Waals surface area contributed by atoms with Crippen LogP contribution in [0.15, 0.2) is 70.3 Å². The first kappa shape index (κ1) is 19.7. The van der Waals surface area contributed by atoms with Crippen LogP contribution in [0.25, 0.3) is 6.08 Å². The van der Waals surface area contributed by atoms with Crippen LogP contribution in [0.4, 0.5) is 18.9 Å². The van der Waals surface area contributed by atoms with Crippen molar-refractivity contribution in [1.29, 1.82) is 0 Å². The van der Waals surface area contributed by atoms with E-state index in [2.05, 4.69) is 15.9 Å². The first-order valence-corrected chi connectivity index (χ1v) is 9.47. The van der Waals surface area contributed by atoms with Gasteiger partial charge in [-0.05, 0) is 35.4 Å². The molecule has 8 heteroatoms. The third-order valence-corrected chi connectivity index (χ3v) is 5.30. The molecule has 0 amide bonds. The third-order valence-electron chi connectivity index (χ3n) is 4.77. The molecule has 0 bridgehead atoms. The predicted octanol–water partition coefficient (Wildman–Crippen LogP) is 5.37. The average Bonchev–Trinajstić information content (AvgIpc) is 2.71. The van der Waals surface area contributed by atoms with Crippen LogP contribution >= 0.6 is 15.9 Å². The van der Waals surface area contributed by atoms with Gasteiger partial charge in [0.15, 0.2) is 6.23 Å². The summed E-state index contributed by atoms with van der Waals surface area (Å²) in [4.78, 5) is 13.6. The number of fused-ring (bicyclic) bond motifs is 3. The number of benzene rings is 2. The molecular weight excluding hydrogens is 451 g/mol. The number of esters is 1. The zero-order valence-electron chi connectivity index (χ0n) is 15.1. The van der Waals surface area contributed by atoms with Gasteiger partial charge in [0.25, 0.3) is 0 Å². The summed E-state index contributed by atoms with van der Waals surface area (Å²) in [7, 11) is 1.05. The Labute approximate surface area is 173 Å². The van der Waals surface area contributed by atoms with E-state index >= 15 is 0 Å². The summed E-state index contributed by atoms with van der Waals surface area (Å²) in [5.74, 6) is -1.09. The van der Waals surface area contributed by atoms with Crippen LogP contribution in [0.1, 0.15) is 17.2 Å². The molecule has 2 atom stereocenters. The molecule has 0 aliphatic carbocycles. The van der Waals surface area contributed by atoms with Crippen molar-refractivity contribution in [3.8, 4) is 0 Å². The van der Waals surface area contributed by atoms with E-state index in [1.165, 1.54) is 0 Å². The highest BCUT2D eigenvalue weighted by Gasteiger charge is 2.51. The lowest BCUT2D eigenvalue weighted by molar-refractivity contribution is -0.142. The van der Waals surface area contributed by atoms with Gasteiger partial charge in [0.05, 0.1) is 18.4 Å². The molecule has 2 aliphatic rings. The molecule has 2 heterocycles. The second kappa shape index (κ2) is 7.35. The van der Waals surface area contributed by atoms with Gasteiger partial charge in [-0.3, -0.25) is 0 Å². The Morgan fingerprint density at radius 1 is 1.14 bits per heavy atom. The fourth-order valence-corrected chi connectivity index (χ4v) is 3.82. The van der Waals surface area contributed by atoms with Crippen molar-refractivity contribution in [3.63, 3.8) is 0 Å². The van der Waals surface area contributed by atoms with E-state index in [0.717, 1.165) is 16.5 Å². The molecular formula is C21H15BrF3NO3. The number of allylic oxidation sites excluding steroid dienone is 1. The van der Waals surface area contributed by atoms with Gasteiger partial charge >= 0.3 is 12.1 Å². The quantitative estimate of drug-likeness (QED) is 0.559. The highest BCUT2D eigenvalue weighted by atomic mass is 79.9. The van der Waals surface area contributed by atoms with Gasteiger partial charge in [-0.1, -0.05) is 52.3 Å². The molecule has 29 heavy (non-hydrogen) atoms. The summed E-state index contributed by atoms with van der Waals surface area (Å²) in [6.45, 7) is 0. The van der Waals surface area contributed by atoms with Gasteiger partial charge in [-0.15, -0.1) is 0 Å². The Morgan fingerprint density at radius 3 is 2.48 bits per heavy atom. The van der Waals surface area contributed by atoms with E-state index in [9.17, 15) is 18.0 Å². The van der Waals surface area contributed by atoms with Crippen molar-refractivity contribution >= 4 is 33.7 Å². The molecule has 150 valence electrons. The molecule has 0 aromatic heterocycles. The van der Waals surface area contributed by atoms with E-state index in [-0.39, 0.29) is 0 Å². The van der Waals surface area contributed by atoms with Gasteiger partial charge in [-0.25, -0.2) is 4.79 Å². The van der Waals surface area contributed by atoms with Crippen molar-refractivity contribution in [2.24, 2.45) is 0 Å². The van der Waals surface area contributed by atoms with Crippen LogP contribution in [0, 0.1) is 0 Å². The van der Waals surface area contributed by atoms with Crippen LogP contribution in [-0.2, 0) is 14.3 Å². The molecule has 0 N–H and O–H groups in total. The Kier molecular flexibility index (Phi) is 5.00. The van der Waals surface area contributed by atoms with Crippen molar-refractivity contribution < 1.29 is 27.4 Å². The van der Waals surface area contributed by atoms with Crippen LogP contribution < -0.4 is 4.90 Å². The first-order chi connectivity index (χ1) is 13.8. The smallest absolute Gasteiger partial charge is 0.432 e. The number of alkyl halides is 3. The summed E-state index contributed by atoms with van der Waals surface area (Å²) >= 11 is 3.30. The number of methoxy groups -OCH3 is 1. The van der Waals surface area contributed by atoms with E-state index in [0.29, 0.717) is 16.8 Å². The minimum Gasteiger partial charge on any atom is -0.466 e. The summed E-state index contributed by atoms with van der Waals surface area (Å²) in [5.41, 5.74) is -0.334. The fourth-order valence-electron chi connectivity index (χ4n) is 3.56. The van der Waals surface area contributed by atoms with Crippen LogP contribution in [0.5, 0.6) is 0 Å². The molecule has 2 aliphatic heterocycles. The number of hydrogen-bond acceptors (Lipinski definition) is 4. The maximum absolute atomic E-state index is 14.3. The number of anilines is 1. The normalized spacial score (nSPS) is 20.9. The van der Waals surface area contributed by atoms with Crippen molar-refractivity contribution in [2.45, 2.75) is 18.5 Å². The maximum Gasteiger partial charge on any atom is 0.432 e. The van der Waals surface area contributed by atoms with Gasteiger partial charge in [0, 0.05) is 4.47 Å². The molecule has 0 fully saturated rings. The van der Waals surface area contributed by atoms with Crippen molar-refractivity contribution in [2.75, 3.05) is 12.0 Å². The lowest BCUT2D eigenvalue weighted by Crippen LogP contribution is -2.49. The largest absolute Gasteiger partial charge is 0.466 e. The molecule has 0 unspecified atom stereocenters. The topological polar surface area (TPSA) is 38.8 Å². The fraction of sp³-hybridized carbons (Fsp3) is 0.190. The number of carbonyl (C=O) groups is 1. The minimum absolute atomic E-state index is 0.308. The van der Waals surface area contributed by atoms with Gasteiger partial charge < -0.3 is 14.4 Å². The Balaban J connectivity index is 1.98. The SMILES string of the molecule is COC(=O)C1=C(C(F)(F)F)N2c3ccccc3C=C[C@H]2O[C@H]1c1ccc(Br)cc1. The van der Waals surface area contributed by atoms with Crippen molar-refractivity contribution in [1.82, 2.24) is 0 Å². The monoisotopic (exact) mass is 465 g/mol. The minimum atomic E-state index is -4.81. The summed E-state index contributed by atoms with van der Waals surface area (Å²) in [6, 6.07) is 13.2. The van der Waals surface area contributed by atoms with E-state index in [1.54, 1.807) is 60.7 Å². The zero-order valence-corrected chi connectivity index (χ0v) is 16.7. The molecule has 4 nitrogen and oxygen atoms in total. The molecule has 0 radical (unpaired) electrons. The molecule has 2 aromatic rings. The number of halogens is 4. The standard InChI is InChI=1S/C21H15BrF3NO3/c1-28-20(27)17-18(13-6-9-14(22)10-7-13)29-16-11-8-12-4-2-3-5-15(12)26(16)19(17)21(23,24)25/h2-11,16,18H,1H3/t16-,18+/m1/s1. The average molecular weight is 466 g/mol.